The van der Waals surface area contributed by atoms with Gasteiger partial charge in [-0.15, -0.1) is 11.8 Å². The standard InChI is InChI=1S/C14H23O6PS2/c1-6-12-8-7-9-13(22-5)14(12)23(16,17)19-10-21(15,18-4)20-11(2)3/h7-9,11H,6,10H2,1-5H3. The van der Waals surface area contributed by atoms with E-state index >= 15 is 0 Å². The highest BCUT2D eigenvalue weighted by Gasteiger charge is 2.31. The summed E-state index contributed by atoms with van der Waals surface area (Å²) in [4.78, 5) is 0.698. The van der Waals surface area contributed by atoms with Crippen LogP contribution < -0.4 is 0 Å². The van der Waals surface area contributed by atoms with Gasteiger partial charge >= 0.3 is 7.60 Å². The Morgan fingerprint density at radius 1 is 1.30 bits per heavy atom. The highest BCUT2D eigenvalue weighted by atomic mass is 32.2. The molecule has 0 aromatic heterocycles. The Morgan fingerprint density at radius 3 is 2.43 bits per heavy atom. The summed E-state index contributed by atoms with van der Waals surface area (Å²) in [7, 11) is -6.51. The van der Waals surface area contributed by atoms with Gasteiger partial charge in [0.15, 0.2) is 6.35 Å². The van der Waals surface area contributed by atoms with Crippen LogP contribution in [0.3, 0.4) is 0 Å². The van der Waals surface area contributed by atoms with E-state index in [4.69, 9.17) is 13.2 Å². The van der Waals surface area contributed by atoms with Gasteiger partial charge in [-0.2, -0.15) is 8.42 Å². The maximum absolute atomic E-state index is 12.6. The van der Waals surface area contributed by atoms with E-state index in [0.717, 1.165) is 0 Å². The van der Waals surface area contributed by atoms with E-state index in [9.17, 15) is 13.0 Å². The third-order valence-corrected chi connectivity index (χ3v) is 7.17. The second kappa shape index (κ2) is 8.65. The van der Waals surface area contributed by atoms with E-state index in [1.807, 2.05) is 6.92 Å². The van der Waals surface area contributed by atoms with Gasteiger partial charge in [0.1, 0.15) is 4.90 Å². The first-order valence-corrected chi connectivity index (χ1v) is 11.4. The molecule has 0 aliphatic rings. The van der Waals surface area contributed by atoms with Crippen molar-refractivity contribution >= 4 is 29.5 Å². The number of benzene rings is 1. The van der Waals surface area contributed by atoms with Crippen LogP contribution in [0.4, 0.5) is 0 Å². The van der Waals surface area contributed by atoms with Gasteiger partial charge in [0.2, 0.25) is 0 Å². The topological polar surface area (TPSA) is 78.9 Å². The molecule has 0 bridgehead atoms. The monoisotopic (exact) mass is 382 g/mol. The molecule has 9 heteroatoms. The normalized spacial score (nSPS) is 14.9. The van der Waals surface area contributed by atoms with E-state index in [1.165, 1.54) is 18.9 Å². The van der Waals surface area contributed by atoms with Gasteiger partial charge in [0.25, 0.3) is 10.1 Å². The molecule has 23 heavy (non-hydrogen) atoms. The minimum atomic E-state index is -4.08. The van der Waals surface area contributed by atoms with E-state index < -0.39 is 24.1 Å². The molecule has 0 saturated heterocycles. The van der Waals surface area contributed by atoms with Crippen LogP contribution >= 0.6 is 19.4 Å². The molecule has 1 rings (SSSR count). The summed E-state index contributed by atoms with van der Waals surface area (Å²) < 4.78 is 52.5. The van der Waals surface area contributed by atoms with E-state index in [1.54, 1.807) is 38.3 Å². The number of thioether (sulfide) groups is 1. The maximum atomic E-state index is 12.6. The van der Waals surface area contributed by atoms with Gasteiger partial charge < -0.3 is 9.05 Å². The maximum Gasteiger partial charge on any atom is 0.357 e. The Hall–Kier alpha value is -0.370. The summed E-state index contributed by atoms with van der Waals surface area (Å²) in [5.41, 5.74) is 0.647. The van der Waals surface area contributed by atoms with Crippen LogP contribution in [0.1, 0.15) is 26.3 Å². The molecular weight excluding hydrogens is 359 g/mol. The first kappa shape index (κ1) is 20.7. The molecule has 0 saturated carbocycles. The molecule has 0 fully saturated rings. The quantitative estimate of drug-likeness (QED) is 0.364. The van der Waals surface area contributed by atoms with Crippen LogP contribution in [0.2, 0.25) is 0 Å². The average Bonchev–Trinajstić information content (AvgIpc) is 2.51. The van der Waals surface area contributed by atoms with Crippen molar-refractivity contribution < 1.29 is 26.2 Å². The second-order valence-corrected chi connectivity index (χ2v) is 9.41. The molecule has 1 aromatic carbocycles. The Labute approximate surface area is 142 Å². The van der Waals surface area contributed by atoms with Crippen molar-refractivity contribution in [1.82, 2.24) is 0 Å². The lowest BCUT2D eigenvalue weighted by atomic mass is 10.2. The van der Waals surface area contributed by atoms with Crippen LogP contribution in [0.15, 0.2) is 28.0 Å². The predicted molar refractivity (Wildman–Crippen MR) is 91.6 cm³/mol. The van der Waals surface area contributed by atoms with Crippen LogP contribution in [-0.4, -0.2) is 34.2 Å². The van der Waals surface area contributed by atoms with E-state index in [0.29, 0.717) is 16.9 Å². The molecule has 0 amide bonds. The lowest BCUT2D eigenvalue weighted by molar-refractivity contribution is 0.171. The molecule has 0 spiro atoms. The van der Waals surface area contributed by atoms with Gasteiger partial charge in [-0.1, -0.05) is 19.1 Å². The van der Waals surface area contributed by atoms with Crippen LogP contribution in [0.5, 0.6) is 0 Å². The molecule has 1 aromatic rings. The fourth-order valence-electron chi connectivity index (χ4n) is 1.92. The minimum Gasteiger partial charge on any atom is -0.310 e. The minimum absolute atomic E-state index is 0.113. The summed E-state index contributed by atoms with van der Waals surface area (Å²) in [6.45, 7) is 5.22. The van der Waals surface area contributed by atoms with Gasteiger partial charge in [-0.3, -0.25) is 8.75 Å². The number of hydrogen-bond donors (Lipinski definition) is 0. The average molecular weight is 382 g/mol. The Kier molecular flexibility index (Phi) is 7.77. The second-order valence-electron chi connectivity index (χ2n) is 4.95. The Bertz CT molecular complexity index is 650. The third kappa shape index (κ3) is 5.59. The smallest absolute Gasteiger partial charge is 0.310 e. The Balaban J connectivity index is 3.12. The third-order valence-electron chi connectivity index (χ3n) is 2.93. The van der Waals surface area contributed by atoms with Crippen LogP contribution in [0, 0.1) is 0 Å². The molecule has 0 heterocycles. The summed E-state index contributed by atoms with van der Waals surface area (Å²) in [6, 6.07) is 5.24. The lowest BCUT2D eigenvalue weighted by Crippen LogP contribution is -2.14. The predicted octanol–water partition coefficient (Wildman–Crippen LogP) is 3.90. The fourth-order valence-corrected chi connectivity index (χ4v) is 5.94. The van der Waals surface area contributed by atoms with Crippen molar-refractivity contribution in [2.75, 3.05) is 19.7 Å². The summed E-state index contributed by atoms with van der Waals surface area (Å²) >= 11 is 1.31. The van der Waals surface area contributed by atoms with Crippen molar-refractivity contribution in [3.63, 3.8) is 0 Å². The molecule has 0 aliphatic heterocycles. The highest BCUT2D eigenvalue weighted by molar-refractivity contribution is 7.99. The zero-order chi connectivity index (χ0) is 17.7. The van der Waals surface area contributed by atoms with E-state index in [2.05, 4.69) is 0 Å². The molecule has 0 N–H and O–H groups in total. The molecule has 1 unspecified atom stereocenters. The van der Waals surface area contributed by atoms with Crippen molar-refractivity contribution in [2.45, 2.75) is 43.1 Å². The summed E-state index contributed by atoms with van der Waals surface area (Å²) in [6.07, 6.45) is 1.29. The molecular formula is C14H23O6PS2. The number of rotatable bonds is 9. The zero-order valence-corrected chi connectivity index (χ0v) is 16.5. The van der Waals surface area contributed by atoms with Crippen molar-refractivity contribution in [2.24, 2.45) is 0 Å². The first-order valence-electron chi connectivity index (χ1n) is 7.07. The van der Waals surface area contributed by atoms with Crippen molar-refractivity contribution in [1.29, 1.82) is 0 Å². The largest absolute Gasteiger partial charge is 0.357 e. The van der Waals surface area contributed by atoms with E-state index in [-0.39, 0.29) is 11.0 Å². The van der Waals surface area contributed by atoms with Crippen molar-refractivity contribution in [3.05, 3.63) is 23.8 Å². The molecule has 6 nitrogen and oxygen atoms in total. The summed E-state index contributed by atoms with van der Waals surface area (Å²) in [5.74, 6) is 0. The zero-order valence-electron chi connectivity index (χ0n) is 13.9. The first-order chi connectivity index (χ1) is 10.7. The summed E-state index contributed by atoms with van der Waals surface area (Å²) in [5, 5.41) is 0. The van der Waals surface area contributed by atoms with Crippen LogP contribution in [0.25, 0.3) is 0 Å². The molecule has 1 atom stereocenters. The molecule has 0 radical (unpaired) electrons. The van der Waals surface area contributed by atoms with Gasteiger partial charge in [0, 0.05) is 12.0 Å². The van der Waals surface area contributed by atoms with Crippen molar-refractivity contribution in [3.8, 4) is 0 Å². The number of aryl methyl sites for hydroxylation is 1. The van der Waals surface area contributed by atoms with Crippen LogP contribution in [-0.2, 0) is 34.3 Å². The Morgan fingerprint density at radius 2 is 1.96 bits per heavy atom. The molecule has 132 valence electrons. The SMILES string of the molecule is CCc1cccc(SC)c1S(=O)(=O)OCP(=O)(OC)OC(C)C. The molecule has 0 aliphatic carbocycles. The number of hydrogen-bond acceptors (Lipinski definition) is 7. The lowest BCUT2D eigenvalue weighted by Gasteiger charge is -2.19. The fraction of sp³-hybridized carbons (Fsp3) is 0.571. The van der Waals surface area contributed by atoms with Gasteiger partial charge in [-0.25, -0.2) is 0 Å². The van der Waals surface area contributed by atoms with Gasteiger partial charge in [-0.05, 0) is 38.2 Å². The highest BCUT2D eigenvalue weighted by Crippen LogP contribution is 2.49. The van der Waals surface area contributed by atoms with Gasteiger partial charge in [0.05, 0.1) is 6.10 Å².